The number of hydrogen-bond donors (Lipinski definition) is 1. The summed E-state index contributed by atoms with van der Waals surface area (Å²) >= 11 is 0. The standard InChI is InChI=1S/C19H23FN4O/c1-12-17(13-7-10-24(12)11-8-13)22-19(25)16-6-5-15(23(16)2)18-14(20)4-3-9-21-18/h3-6,9,12-13,17H,7-8,10-11H2,1-2H3,(H,22,25)/t12-,17+/m1/s1. The fourth-order valence-electron chi connectivity index (χ4n) is 4.32. The van der Waals surface area contributed by atoms with Crippen LogP contribution in [0.5, 0.6) is 0 Å². The molecule has 132 valence electrons. The van der Waals surface area contributed by atoms with Crippen LogP contribution < -0.4 is 5.32 Å². The van der Waals surface area contributed by atoms with Crippen molar-refractivity contribution in [3.8, 4) is 11.4 Å². The van der Waals surface area contributed by atoms with Crippen LogP contribution in [0.4, 0.5) is 4.39 Å². The van der Waals surface area contributed by atoms with Gasteiger partial charge in [0, 0.05) is 25.3 Å². The summed E-state index contributed by atoms with van der Waals surface area (Å²) in [7, 11) is 1.78. The number of aromatic nitrogens is 2. The normalized spacial score (nSPS) is 28.1. The molecule has 5 rings (SSSR count). The van der Waals surface area contributed by atoms with E-state index in [4.69, 9.17) is 0 Å². The monoisotopic (exact) mass is 342 g/mol. The summed E-state index contributed by atoms with van der Waals surface area (Å²) in [6.07, 6.45) is 3.85. The first-order valence-electron chi connectivity index (χ1n) is 8.88. The maximum Gasteiger partial charge on any atom is 0.268 e. The van der Waals surface area contributed by atoms with Crippen molar-refractivity contribution < 1.29 is 9.18 Å². The van der Waals surface area contributed by atoms with Crippen LogP contribution in [0, 0.1) is 11.7 Å². The topological polar surface area (TPSA) is 50.2 Å². The predicted molar refractivity (Wildman–Crippen MR) is 93.6 cm³/mol. The van der Waals surface area contributed by atoms with Gasteiger partial charge in [-0.15, -0.1) is 0 Å². The zero-order valence-corrected chi connectivity index (χ0v) is 14.6. The van der Waals surface area contributed by atoms with E-state index in [1.807, 2.05) is 0 Å². The second-order valence-corrected chi connectivity index (χ2v) is 7.11. The molecule has 2 aromatic heterocycles. The Bertz CT molecular complexity index is 792. The summed E-state index contributed by atoms with van der Waals surface area (Å²) in [4.78, 5) is 19.4. The molecule has 1 amide bonds. The molecule has 0 aromatic carbocycles. The molecule has 0 saturated carbocycles. The molecular weight excluding hydrogens is 319 g/mol. The van der Waals surface area contributed by atoms with Gasteiger partial charge in [0.1, 0.15) is 11.4 Å². The lowest BCUT2D eigenvalue weighted by molar-refractivity contribution is 0.0215. The highest BCUT2D eigenvalue weighted by Gasteiger charge is 2.40. The van der Waals surface area contributed by atoms with Gasteiger partial charge in [-0.1, -0.05) is 0 Å². The van der Waals surface area contributed by atoms with Crippen LogP contribution in [0.1, 0.15) is 30.3 Å². The number of fused-ring (bicyclic) bond motifs is 3. The van der Waals surface area contributed by atoms with Gasteiger partial charge in [0.05, 0.1) is 5.69 Å². The van der Waals surface area contributed by atoms with Crippen LogP contribution >= 0.6 is 0 Å². The second-order valence-electron chi connectivity index (χ2n) is 7.11. The minimum absolute atomic E-state index is 0.101. The third-order valence-corrected chi connectivity index (χ3v) is 5.83. The van der Waals surface area contributed by atoms with E-state index in [2.05, 4.69) is 22.1 Å². The number of halogens is 1. The van der Waals surface area contributed by atoms with Gasteiger partial charge in [-0.25, -0.2) is 4.39 Å². The minimum atomic E-state index is -0.387. The lowest BCUT2D eigenvalue weighted by Crippen LogP contribution is -2.62. The summed E-state index contributed by atoms with van der Waals surface area (Å²) in [6, 6.07) is 6.98. The van der Waals surface area contributed by atoms with Crippen molar-refractivity contribution >= 4 is 5.91 Å². The molecule has 3 saturated heterocycles. The van der Waals surface area contributed by atoms with Crippen molar-refractivity contribution in [2.45, 2.75) is 31.8 Å². The Kier molecular flexibility index (Phi) is 4.07. The molecule has 6 heteroatoms. The fraction of sp³-hybridized carbons (Fsp3) is 0.474. The quantitative estimate of drug-likeness (QED) is 0.932. The van der Waals surface area contributed by atoms with Gasteiger partial charge in [-0.3, -0.25) is 14.7 Å². The highest BCUT2D eigenvalue weighted by Crippen LogP contribution is 2.32. The molecule has 3 aliphatic heterocycles. The zero-order chi connectivity index (χ0) is 17.6. The van der Waals surface area contributed by atoms with Crippen LogP contribution in [0.25, 0.3) is 11.4 Å². The molecular formula is C19H23FN4O. The Labute approximate surface area is 146 Å². The number of amides is 1. The summed E-state index contributed by atoms with van der Waals surface area (Å²) in [6.45, 7) is 4.45. The summed E-state index contributed by atoms with van der Waals surface area (Å²) in [5.74, 6) is 0.0642. The Hall–Kier alpha value is -2.21. The van der Waals surface area contributed by atoms with Gasteiger partial charge < -0.3 is 9.88 Å². The number of pyridine rings is 1. The number of nitrogens with one attached hydrogen (secondary N) is 1. The average molecular weight is 342 g/mol. The number of piperidine rings is 3. The van der Waals surface area contributed by atoms with Gasteiger partial charge >= 0.3 is 0 Å². The molecule has 0 aliphatic carbocycles. The van der Waals surface area contributed by atoms with Gasteiger partial charge in [0.15, 0.2) is 5.82 Å². The number of carbonyl (C=O) groups excluding carboxylic acids is 1. The van der Waals surface area contributed by atoms with Crippen LogP contribution in [-0.4, -0.2) is 45.5 Å². The fourth-order valence-corrected chi connectivity index (χ4v) is 4.32. The summed E-state index contributed by atoms with van der Waals surface area (Å²) < 4.78 is 15.7. The molecule has 0 radical (unpaired) electrons. The van der Waals surface area contributed by atoms with E-state index in [0.717, 1.165) is 25.9 Å². The highest BCUT2D eigenvalue weighted by atomic mass is 19.1. The van der Waals surface area contributed by atoms with E-state index in [-0.39, 0.29) is 23.5 Å². The van der Waals surface area contributed by atoms with Gasteiger partial charge in [0.25, 0.3) is 5.91 Å². The molecule has 3 fully saturated rings. The van der Waals surface area contributed by atoms with Crippen LogP contribution in [0.15, 0.2) is 30.5 Å². The average Bonchev–Trinajstić information content (AvgIpc) is 3.00. The Morgan fingerprint density at radius 3 is 2.72 bits per heavy atom. The first-order chi connectivity index (χ1) is 12.1. The molecule has 5 heterocycles. The Morgan fingerprint density at radius 2 is 2.04 bits per heavy atom. The predicted octanol–water partition coefficient (Wildman–Crippen LogP) is 2.44. The molecule has 5 nitrogen and oxygen atoms in total. The van der Waals surface area contributed by atoms with E-state index in [9.17, 15) is 9.18 Å². The summed E-state index contributed by atoms with van der Waals surface area (Å²) in [5.41, 5.74) is 1.40. The maximum atomic E-state index is 14.0. The van der Waals surface area contributed by atoms with E-state index in [0.29, 0.717) is 23.3 Å². The van der Waals surface area contributed by atoms with Crippen LogP contribution in [-0.2, 0) is 7.05 Å². The molecule has 0 unspecified atom stereocenters. The number of hydrogen-bond acceptors (Lipinski definition) is 3. The molecule has 2 atom stereocenters. The smallest absolute Gasteiger partial charge is 0.268 e. The Morgan fingerprint density at radius 1 is 1.28 bits per heavy atom. The summed E-state index contributed by atoms with van der Waals surface area (Å²) in [5, 5.41) is 3.22. The van der Waals surface area contributed by atoms with Crippen molar-refractivity contribution in [1.82, 2.24) is 19.8 Å². The second kappa shape index (κ2) is 6.26. The number of carbonyl (C=O) groups is 1. The Balaban J connectivity index is 1.57. The molecule has 1 N–H and O–H groups in total. The van der Waals surface area contributed by atoms with E-state index >= 15 is 0 Å². The molecule has 2 bridgehead atoms. The van der Waals surface area contributed by atoms with Crippen LogP contribution in [0.3, 0.4) is 0 Å². The van der Waals surface area contributed by atoms with E-state index < -0.39 is 0 Å². The first-order valence-corrected chi connectivity index (χ1v) is 8.88. The molecule has 0 spiro atoms. The van der Waals surface area contributed by atoms with Gasteiger partial charge in [0.2, 0.25) is 0 Å². The lowest BCUT2D eigenvalue weighted by atomic mass is 9.79. The van der Waals surface area contributed by atoms with Crippen molar-refractivity contribution in [2.75, 3.05) is 13.1 Å². The first kappa shape index (κ1) is 16.3. The SMILES string of the molecule is C[C@@H]1[C@H](NC(=O)c2ccc(-c3ncccc3F)n2C)C2CCN1CC2. The van der Waals surface area contributed by atoms with E-state index in [1.165, 1.54) is 6.07 Å². The van der Waals surface area contributed by atoms with Crippen molar-refractivity contribution in [3.63, 3.8) is 0 Å². The van der Waals surface area contributed by atoms with Crippen molar-refractivity contribution in [2.24, 2.45) is 13.0 Å². The maximum absolute atomic E-state index is 14.0. The van der Waals surface area contributed by atoms with Gasteiger partial charge in [-0.05, 0) is 63.0 Å². The van der Waals surface area contributed by atoms with Gasteiger partial charge in [-0.2, -0.15) is 0 Å². The largest absolute Gasteiger partial charge is 0.346 e. The third kappa shape index (κ3) is 2.74. The molecule has 25 heavy (non-hydrogen) atoms. The zero-order valence-electron chi connectivity index (χ0n) is 14.6. The number of nitrogens with zero attached hydrogens (tertiary/aromatic N) is 3. The minimum Gasteiger partial charge on any atom is -0.346 e. The number of rotatable bonds is 3. The van der Waals surface area contributed by atoms with Crippen LogP contribution in [0.2, 0.25) is 0 Å². The van der Waals surface area contributed by atoms with Crippen molar-refractivity contribution in [1.29, 1.82) is 0 Å². The highest BCUT2D eigenvalue weighted by molar-refractivity contribution is 5.94. The molecule has 2 aromatic rings. The lowest BCUT2D eigenvalue weighted by Gasteiger charge is -2.49. The molecule has 3 aliphatic rings. The third-order valence-electron chi connectivity index (χ3n) is 5.83. The van der Waals surface area contributed by atoms with E-state index in [1.54, 1.807) is 36.0 Å². The van der Waals surface area contributed by atoms with Crippen molar-refractivity contribution in [3.05, 3.63) is 42.0 Å².